The molecule has 180 valence electrons. The molecule has 10 heteroatoms. The van der Waals surface area contributed by atoms with Crippen LogP contribution in [0.1, 0.15) is 22.8 Å². The molecule has 1 amide bonds. The van der Waals surface area contributed by atoms with Crippen LogP contribution < -0.4 is 15.0 Å². The summed E-state index contributed by atoms with van der Waals surface area (Å²) in [5.41, 5.74) is 1.45. The number of hydrogen-bond donors (Lipinski definition) is 1. The van der Waals surface area contributed by atoms with Gasteiger partial charge in [0.15, 0.2) is 22.4 Å². The number of fused-ring (bicyclic) bond motifs is 2. The first-order chi connectivity index (χ1) is 17.2. The van der Waals surface area contributed by atoms with Crippen molar-refractivity contribution in [2.45, 2.75) is 11.8 Å². The summed E-state index contributed by atoms with van der Waals surface area (Å²) >= 11 is 0. The molecule has 1 aromatic heterocycles. The molecule has 1 N–H and O–H groups in total. The van der Waals surface area contributed by atoms with Crippen LogP contribution >= 0.6 is 0 Å². The maximum absolute atomic E-state index is 13.7. The number of ketones is 1. The third kappa shape index (κ3) is 3.87. The molecule has 0 saturated heterocycles. The summed E-state index contributed by atoms with van der Waals surface area (Å²) < 4.78 is 33.7. The summed E-state index contributed by atoms with van der Waals surface area (Å²) in [6.07, 6.45) is 1.61. The molecule has 0 aliphatic heterocycles. The first-order valence-corrected chi connectivity index (χ1v) is 12.4. The second kappa shape index (κ2) is 8.58. The summed E-state index contributed by atoms with van der Waals surface area (Å²) in [6.45, 7) is 1.34. The fourth-order valence-corrected chi connectivity index (χ4v) is 5.18. The Hall–Kier alpha value is -4.57. The van der Waals surface area contributed by atoms with Crippen LogP contribution in [0, 0.1) is 0 Å². The van der Waals surface area contributed by atoms with Crippen LogP contribution in [0.4, 0.5) is 5.69 Å². The van der Waals surface area contributed by atoms with Crippen molar-refractivity contribution in [2.24, 2.45) is 11.4 Å². The van der Waals surface area contributed by atoms with Crippen molar-refractivity contribution in [1.82, 2.24) is 4.57 Å². The molecule has 4 aromatic rings. The van der Waals surface area contributed by atoms with E-state index in [1.165, 1.54) is 47.9 Å². The molecule has 1 heterocycles. The molecule has 5 rings (SSSR count). The van der Waals surface area contributed by atoms with Crippen molar-refractivity contribution in [3.63, 3.8) is 0 Å². The highest BCUT2D eigenvalue weighted by Crippen LogP contribution is 2.32. The van der Waals surface area contributed by atoms with Gasteiger partial charge < -0.3 is 10.4 Å². The van der Waals surface area contributed by atoms with Gasteiger partial charge in [-0.15, -0.1) is 0 Å². The first-order valence-electron chi connectivity index (χ1n) is 10.9. The van der Waals surface area contributed by atoms with E-state index in [1.54, 1.807) is 42.2 Å². The normalized spacial score (nSPS) is 14.8. The highest BCUT2D eigenvalue weighted by Gasteiger charge is 2.35. The Morgan fingerprint density at radius 1 is 0.972 bits per heavy atom. The summed E-state index contributed by atoms with van der Waals surface area (Å²) in [4.78, 5) is 24.6. The fraction of sp³-hybridized carbons (Fsp3) is 0.0769. The zero-order valence-corrected chi connectivity index (χ0v) is 20.1. The third-order valence-electron chi connectivity index (χ3n) is 5.81. The van der Waals surface area contributed by atoms with Crippen LogP contribution in [0.25, 0.3) is 22.5 Å². The van der Waals surface area contributed by atoms with Gasteiger partial charge in [-0.3, -0.25) is 9.59 Å². The topological polar surface area (TPSA) is 125 Å². The Morgan fingerprint density at radius 3 is 2.31 bits per heavy atom. The highest BCUT2D eigenvalue weighted by atomic mass is 32.2. The molecule has 36 heavy (non-hydrogen) atoms. The average Bonchev–Trinajstić information content (AvgIpc) is 3.18. The Labute approximate surface area is 206 Å². The number of aromatic nitrogens is 2. The Bertz CT molecular complexity index is 1730. The number of imidazole rings is 1. The number of hydrogen-bond acceptors (Lipinski definition) is 5. The number of Topliss-reactive ketones (excluding diaryl/α,β-unsaturated/α-hetero) is 1. The number of anilines is 1. The number of aryl methyl sites for hydroxylation is 1. The number of carbonyl (C=O) groups is 2. The van der Waals surface area contributed by atoms with Gasteiger partial charge in [0.05, 0.1) is 11.9 Å². The molecule has 3 aromatic carbocycles. The van der Waals surface area contributed by atoms with Gasteiger partial charge in [-0.05, 0) is 47.7 Å². The van der Waals surface area contributed by atoms with Crippen LogP contribution in [-0.2, 0) is 21.9 Å². The number of allylic oxidation sites excluding steroid dienone is 1. The van der Waals surface area contributed by atoms with Gasteiger partial charge in [0.2, 0.25) is 18.0 Å². The maximum atomic E-state index is 13.7. The second-order valence-electron chi connectivity index (χ2n) is 8.26. The minimum atomic E-state index is -4.39. The lowest BCUT2D eigenvalue weighted by Gasteiger charge is -2.25. The zero-order valence-electron chi connectivity index (χ0n) is 19.3. The van der Waals surface area contributed by atoms with E-state index in [2.05, 4.69) is 9.71 Å². The quantitative estimate of drug-likeness (QED) is 0.430. The van der Waals surface area contributed by atoms with Crippen molar-refractivity contribution in [1.29, 1.82) is 0 Å². The molecule has 0 saturated carbocycles. The van der Waals surface area contributed by atoms with E-state index in [-0.39, 0.29) is 27.6 Å². The summed E-state index contributed by atoms with van der Waals surface area (Å²) in [5.74, 6) is -1.48. The van der Waals surface area contributed by atoms with E-state index in [4.69, 9.17) is 0 Å². The highest BCUT2D eigenvalue weighted by molar-refractivity contribution is 7.90. The molecule has 0 atom stereocenters. The molecule has 1 aliphatic rings. The SMILES string of the molecule is CC(=O)Nc1ccc(S(=O)(=O)N=C2C(=O)c3ccccc3C([O-])=C2n2c[n+](C)c3ccccc32)cc1. The van der Waals surface area contributed by atoms with Crippen LogP contribution in [0.15, 0.2) is 88.4 Å². The summed E-state index contributed by atoms with van der Waals surface area (Å²) in [7, 11) is -2.61. The smallest absolute Gasteiger partial charge is 0.283 e. The predicted molar refractivity (Wildman–Crippen MR) is 132 cm³/mol. The van der Waals surface area contributed by atoms with Crippen LogP contribution in [-0.4, -0.2) is 30.4 Å². The number of para-hydroxylation sites is 2. The number of nitrogens with zero attached hydrogens (tertiary/aromatic N) is 3. The lowest BCUT2D eigenvalue weighted by Crippen LogP contribution is -2.31. The molecule has 0 bridgehead atoms. The van der Waals surface area contributed by atoms with Gasteiger partial charge >= 0.3 is 0 Å². The minimum Gasteiger partial charge on any atom is -0.869 e. The van der Waals surface area contributed by atoms with Gasteiger partial charge in [0.1, 0.15) is 0 Å². The molecular weight excluding hydrogens is 480 g/mol. The van der Waals surface area contributed by atoms with Crippen molar-refractivity contribution in [3.8, 4) is 0 Å². The summed E-state index contributed by atoms with van der Waals surface area (Å²) in [6, 6.07) is 18.9. The first kappa shape index (κ1) is 23.2. The molecular formula is C26H20N4O5S. The Balaban J connectivity index is 1.73. The standard InChI is InChI=1S/C26H20N4O5S/c1-16(31)27-17-11-13-18(14-12-17)36(34,35)28-23-24(26(33)20-8-4-3-7-19(20)25(23)32)30-15-29(2)21-9-5-6-10-22(21)30/h3-15H,1-2H3,(H-,27,28,31,33). The van der Waals surface area contributed by atoms with Gasteiger partial charge in [-0.1, -0.05) is 36.4 Å². The maximum Gasteiger partial charge on any atom is 0.283 e. The van der Waals surface area contributed by atoms with Crippen molar-refractivity contribution >= 4 is 55.6 Å². The van der Waals surface area contributed by atoms with Gasteiger partial charge in [-0.2, -0.15) is 17.4 Å². The van der Waals surface area contributed by atoms with Crippen LogP contribution in [0.3, 0.4) is 0 Å². The van der Waals surface area contributed by atoms with Crippen LogP contribution in [0.2, 0.25) is 0 Å². The number of amides is 1. The molecule has 9 nitrogen and oxygen atoms in total. The fourth-order valence-electron chi connectivity index (χ4n) is 4.19. The summed E-state index contributed by atoms with van der Waals surface area (Å²) in [5, 5.41) is 16.2. The van der Waals surface area contributed by atoms with Gasteiger partial charge in [0.25, 0.3) is 10.0 Å². The van der Waals surface area contributed by atoms with E-state index in [0.29, 0.717) is 11.2 Å². The molecule has 0 fully saturated rings. The molecule has 0 unspecified atom stereocenters. The Kier molecular flexibility index (Phi) is 5.52. The van der Waals surface area contributed by atoms with E-state index >= 15 is 0 Å². The third-order valence-corrected chi connectivity index (χ3v) is 7.10. The second-order valence-corrected chi connectivity index (χ2v) is 9.86. The van der Waals surface area contributed by atoms with Crippen molar-refractivity contribution in [3.05, 3.63) is 90.3 Å². The van der Waals surface area contributed by atoms with Gasteiger partial charge in [0, 0.05) is 18.2 Å². The zero-order chi connectivity index (χ0) is 25.6. The van der Waals surface area contributed by atoms with E-state index in [1.807, 2.05) is 12.1 Å². The van der Waals surface area contributed by atoms with E-state index in [9.17, 15) is 23.1 Å². The number of benzene rings is 3. The monoisotopic (exact) mass is 500 g/mol. The van der Waals surface area contributed by atoms with Crippen LogP contribution in [0.5, 0.6) is 0 Å². The van der Waals surface area contributed by atoms with E-state index < -0.39 is 27.3 Å². The lowest BCUT2D eigenvalue weighted by atomic mass is 9.91. The number of carbonyl (C=O) groups excluding carboxylic acids is 2. The van der Waals surface area contributed by atoms with Crippen molar-refractivity contribution in [2.75, 3.05) is 5.32 Å². The molecule has 1 aliphatic carbocycles. The molecule has 0 radical (unpaired) electrons. The number of rotatable bonds is 4. The predicted octanol–water partition coefficient (Wildman–Crippen LogP) is 2.14. The largest absolute Gasteiger partial charge is 0.869 e. The van der Waals surface area contributed by atoms with E-state index in [0.717, 1.165) is 5.52 Å². The Morgan fingerprint density at radius 2 is 1.61 bits per heavy atom. The minimum absolute atomic E-state index is 0.0852. The average molecular weight is 501 g/mol. The van der Waals surface area contributed by atoms with Gasteiger partial charge in [-0.25, -0.2) is 4.57 Å². The van der Waals surface area contributed by atoms with Crippen molar-refractivity contribution < 1.29 is 27.7 Å². The number of nitrogens with one attached hydrogen (secondary N) is 1. The lowest BCUT2D eigenvalue weighted by molar-refractivity contribution is -0.645. The number of sulfonamides is 1. The molecule has 0 spiro atoms.